The summed E-state index contributed by atoms with van der Waals surface area (Å²) in [6.07, 6.45) is 0. The lowest BCUT2D eigenvalue weighted by Crippen LogP contribution is -1.99. The van der Waals surface area contributed by atoms with Gasteiger partial charge in [0.15, 0.2) is 0 Å². The molecule has 3 heteroatoms. The van der Waals surface area contributed by atoms with E-state index in [1.807, 2.05) is 31.2 Å². The monoisotopic (exact) mass is 193 g/mol. The number of ether oxygens (including phenoxy) is 1. The van der Waals surface area contributed by atoms with Crippen LogP contribution in [0.3, 0.4) is 0 Å². The molecule has 1 rings (SSSR count). The quantitative estimate of drug-likeness (QED) is 0.745. The maximum absolute atomic E-state index is 10.6. The molecule has 14 heavy (non-hydrogen) atoms. The lowest BCUT2D eigenvalue weighted by atomic mass is 10.2. The fourth-order valence-electron chi connectivity index (χ4n) is 1.11. The molecule has 76 valence electrons. The first-order chi connectivity index (χ1) is 6.72. The molecular weight excluding hydrogens is 178 g/mol. The Kier molecular flexibility index (Phi) is 3.98. The molecular formula is C11H15NO2. The molecule has 0 bridgehead atoms. The summed E-state index contributed by atoms with van der Waals surface area (Å²) in [7, 11) is 0. The summed E-state index contributed by atoms with van der Waals surface area (Å²) in [6.45, 7) is 4.71. The molecule has 0 saturated carbocycles. The molecule has 0 saturated heterocycles. The molecule has 0 fully saturated rings. The Bertz CT molecular complexity index is 293. The third-order valence-electron chi connectivity index (χ3n) is 1.78. The van der Waals surface area contributed by atoms with Crippen molar-refractivity contribution in [2.45, 2.75) is 20.5 Å². The van der Waals surface area contributed by atoms with Gasteiger partial charge in [-0.2, -0.15) is 0 Å². The molecule has 0 aliphatic carbocycles. The smallest absolute Gasteiger partial charge is 0.302 e. The number of esters is 1. The summed E-state index contributed by atoms with van der Waals surface area (Å²) in [4.78, 5) is 10.6. The highest BCUT2D eigenvalue weighted by atomic mass is 16.5. The molecule has 0 spiro atoms. The van der Waals surface area contributed by atoms with Crippen molar-refractivity contribution in [1.29, 1.82) is 0 Å². The van der Waals surface area contributed by atoms with Gasteiger partial charge in [0.25, 0.3) is 0 Å². The van der Waals surface area contributed by atoms with E-state index in [0.29, 0.717) is 6.61 Å². The van der Waals surface area contributed by atoms with Gasteiger partial charge in [-0.15, -0.1) is 0 Å². The van der Waals surface area contributed by atoms with E-state index in [2.05, 4.69) is 5.32 Å². The van der Waals surface area contributed by atoms with Crippen LogP contribution in [0, 0.1) is 0 Å². The molecule has 0 aliphatic rings. The van der Waals surface area contributed by atoms with E-state index in [1.165, 1.54) is 6.92 Å². The number of carbonyl (C=O) groups excluding carboxylic acids is 1. The number of rotatable bonds is 4. The molecule has 3 nitrogen and oxygen atoms in total. The Balaban J connectivity index is 2.50. The van der Waals surface area contributed by atoms with Gasteiger partial charge in [0.1, 0.15) is 6.61 Å². The highest BCUT2D eigenvalue weighted by Gasteiger charge is 1.96. The first-order valence-corrected chi connectivity index (χ1v) is 4.68. The van der Waals surface area contributed by atoms with E-state index in [4.69, 9.17) is 4.74 Å². The Morgan fingerprint density at radius 1 is 1.36 bits per heavy atom. The second-order valence-electron chi connectivity index (χ2n) is 3.01. The zero-order valence-electron chi connectivity index (χ0n) is 8.54. The van der Waals surface area contributed by atoms with Crippen molar-refractivity contribution < 1.29 is 9.53 Å². The predicted molar refractivity (Wildman–Crippen MR) is 56.1 cm³/mol. The summed E-state index contributed by atoms with van der Waals surface area (Å²) in [5.41, 5.74) is 2.08. The highest BCUT2D eigenvalue weighted by Crippen LogP contribution is 2.09. The van der Waals surface area contributed by atoms with Crippen LogP contribution in [0.15, 0.2) is 24.3 Å². The number of nitrogens with one attached hydrogen (secondary N) is 1. The molecule has 0 atom stereocenters. The van der Waals surface area contributed by atoms with Gasteiger partial charge in [-0.05, 0) is 24.6 Å². The van der Waals surface area contributed by atoms with E-state index in [9.17, 15) is 4.79 Å². The zero-order chi connectivity index (χ0) is 10.4. The fraction of sp³-hybridized carbons (Fsp3) is 0.364. The Morgan fingerprint density at radius 3 is 2.50 bits per heavy atom. The summed E-state index contributed by atoms with van der Waals surface area (Å²) < 4.78 is 4.87. The number of benzene rings is 1. The SMILES string of the molecule is CCNc1ccc(COC(C)=O)cc1. The molecule has 0 heterocycles. The van der Waals surface area contributed by atoms with Crippen molar-refractivity contribution in [3.63, 3.8) is 0 Å². The Hall–Kier alpha value is -1.51. The van der Waals surface area contributed by atoms with E-state index in [-0.39, 0.29) is 5.97 Å². The normalized spacial score (nSPS) is 9.57. The van der Waals surface area contributed by atoms with Crippen molar-refractivity contribution in [1.82, 2.24) is 0 Å². The second kappa shape index (κ2) is 5.27. The third kappa shape index (κ3) is 3.47. The van der Waals surface area contributed by atoms with Crippen molar-refractivity contribution in [3.8, 4) is 0 Å². The summed E-state index contributed by atoms with van der Waals surface area (Å²) in [5.74, 6) is -0.249. The minimum atomic E-state index is -0.249. The van der Waals surface area contributed by atoms with Gasteiger partial charge in [0.2, 0.25) is 0 Å². The average molecular weight is 193 g/mol. The summed E-state index contributed by atoms with van der Waals surface area (Å²) >= 11 is 0. The van der Waals surface area contributed by atoms with Crippen LogP contribution in [-0.4, -0.2) is 12.5 Å². The average Bonchev–Trinajstić information content (AvgIpc) is 2.17. The largest absolute Gasteiger partial charge is 0.461 e. The number of carbonyl (C=O) groups is 1. The highest BCUT2D eigenvalue weighted by molar-refractivity contribution is 5.65. The van der Waals surface area contributed by atoms with Crippen LogP contribution < -0.4 is 5.32 Å². The first-order valence-electron chi connectivity index (χ1n) is 4.68. The topological polar surface area (TPSA) is 38.3 Å². The standard InChI is InChI=1S/C11H15NO2/c1-3-12-11-6-4-10(5-7-11)8-14-9(2)13/h4-7,12H,3,8H2,1-2H3. The van der Waals surface area contributed by atoms with Crippen molar-refractivity contribution in [3.05, 3.63) is 29.8 Å². The molecule has 0 aromatic heterocycles. The van der Waals surface area contributed by atoms with E-state index < -0.39 is 0 Å². The van der Waals surface area contributed by atoms with Crippen LogP contribution in [0.2, 0.25) is 0 Å². The third-order valence-corrected chi connectivity index (χ3v) is 1.78. The van der Waals surface area contributed by atoms with Crippen LogP contribution >= 0.6 is 0 Å². The van der Waals surface area contributed by atoms with Crippen LogP contribution in [0.5, 0.6) is 0 Å². The van der Waals surface area contributed by atoms with Gasteiger partial charge in [0.05, 0.1) is 0 Å². The van der Waals surface area contributed by atoms with Crippen molar-refractivity contribution >= 4 is 11.7 Å². The minimum Gasteiger partial charge on any atom is -0.461 e. The fourth-order valence-corrected chi connectivity index (χ4v) is 1.11. The molecule has 1 aromatic carbocycles. The Labute approximate surface area is 84.1 Å². The Morgan fingerprint density at radius 2 is 2.00 bits per heavy atom. The maximum atomic E-state index is 10.6. The van der Waals surface area contributed by atoms with Crippen LogP contribution in [0.25, 0.3) is 0 Å². The van der Waals surface area contributed by atoms with Gasteiger partial charge in [0, 0.05) is 19.2 Å². The van der Waals surface area contributed by atoms with E-state index >= 15 is 0 Å². The molecule has 0 radical (unpaired) electrons. The van der Waals surface area contributed by atoms with Crippen LogP contribution in [0.1, 0.15) is 19.4 Å². The summed E-state index contributed by atoms with van der Waals surface area (Å²) in [6, 6.07) is 7.84. The van der Waals surface area contributed by atoms with Gasteiger partial charge in [-0.3, -0.25) is 4.79 Å². The zero-order valence-corrected chi connectivity index (χ0v) is 8.54. The number of hydrogen-bond acceptors (Lipinski definition) is 3. The minimum absolute atomic E-state index is 0.249. The van der Waals surface area contributed by atoms with Crippen LogP contribution in [-0.2, 0) is 16.1 Å². The van der Waals surface area contributed by atoms with Crippen molar-refractivity contribution in [2.24, 2.45) is 0 Å². The van der Waals surface area contributed by atoms with E-state index in [0.717, 1.165) is 17.8 Å². The number of anilines is 1. The molecule has 1 aromatic rings. The molecule has 1 N–H and O–H groups in total. The van der Waals surface area contributed by atoms with Gasteiger partial charge in [-0.25, -0.2) is 0 Å². The molecule has 0 unspecified atom stereocenters. The predicted octanol–water partition coefficient (Wildman–Crippen LogP) is 2.18. The van der Waals surface area contributed by atoms with Crippen LogP contribution in [0.4, 0.5) is 5.69 Å². The number of hydrogen-bond donors (Lipinski definition) is 1. The molecule has 0 amide bonds. The second-order valence-corrected chi connectivity index (χ2v) is 3.01. The van der Waals surface area contributed by atoms with Crippen molar-refractivity contribution in [2.75, 3.05) is 11.9 Å². The van der Waals surface area contributed by atoms with Gasteiger partial charge in [-0.1, -0.05) is 12.1 Å². The van der Waals surface area contributed by atoms with Gasteiger partial charge >= 0.3 is 5.97 Å². The van der Waals surface area contributed by atoms with E-state index in [1.54, 1.807) is 0 Å². The maximum Gasteiger partial charge on any atom is 0.302 e. The van der Waals surface area contributed by atoms with Gasteiger partial charge < -0.3 is 10.1 Å². The molecule has 0 aliphatic heterocycles. The lowest BCUT2D eigenvalue weighted by Gasteiger charge is -2.05. The lowest BCUT2D eigenvalue weighted by molar-refractivity contribution is -0.142. The summed E-state index contributed by atoms with van der Waals surface area (Å²) in [5, 5.41) is 3.19. The first kappa shape index (κ1) is 10.6.